The number of hydrogen-bond acceptors (Lipinski definition) is 5. The largest absolute Gasteiger partial charge is 0.353 e. The molecule has 2 rings (SSSR count). The van der Waals surface area contributed by atoms with E-state index in [1.54, 1.807) is 18.3 Å². The van der Waals surface area contributed by atoms with E-state index >= 15 is 0 Å². The first-order chi connectivity index (χ1) is 10.8. The van der Waals surface area contributed by atoms with Gasteiger partial charge in [-0.1, -0.05) is 0 Å². The van der Waals surface area contributed by atoms with Gasteiger partial charge in [0.05, 0.1) is 11.6 Å². The average Bonchev–Trinajstić information content (AvgIpc) is 2.52. The Labute approximate surface area is 138 Å². The van der Waals surface area contributed by atoms with Gasteiger partial charge in [0, 0.05) is 37.9 Å². The molecule has 6 nitrogen and oxygen atoms in total. The Kier molecular flexibility index (Phi) is 5.22. The zero-order chi connectivity index (χ0) is 17.0. The normalized spacial score (nSPS) is 17.4. The van der Waals surface area contributed by atoms with Crippen LogP contribution in [0, 0.1) is 11.3 Å². The maximum Gasteiger partial charge on any atom is 0.237 e. The molecule has 0 saturated carbocycles. The minimum Gasteiger partial charge on any atom is -0.353 e. The summed E-state index contributed by atoms with van der Waals surface area (Å²) in [6.45, 7) is 11.0. The van der Waals surface area contributed by atoms with Gasteiger partial charge >= 0.3 is 0 Å². The second-order valence-electron chi connectivity index (χ2n) is 6.92. The molecule has 1 aromatic rings. The van der Waals surface area contributed by atoms with Gasteiger partial charge in [-0.05, 0) is 39.8 Å². The third kappa shape index (κ3) is 4.42. The first-order valence-electron chi connectivity index (χ1n) is 7.98. The molecule has 0 spiro atoms. The van der Waals surface area contributed by atoms with E-state index in [-0.39, 0.29) is 17.5 Å². The highest BCUT2D eigenvalue weighted by atomic mass is 16.2. The summed E-state index contributed by atoms with van der Waals surface area (Å²) in [6, 6.07) is 5.59. The van der Waals surface area contributed by atoms with Crippen molar-refractivity contribution in [2.24, 2.45) is 0 Å². The summed E-state index contributed by atoms with van der Waals surface area (Å²) in [6.07, 6.45) is 1.71. The van der Waals surface area contributed by atoms with Crippen LogP contribution in [-0.2, 0) is 4.79 Å². The SMILES string of the molecule is CC(C(=O)NC(C)(C)C)N1CCN(c2ncccc2C#N)CC1. The fourth-order valence-electron chi connectivity index (χ4n) is 2.70. The number of pyridine rings is 1. The fraction of sp³-hybridized carbons (Fsp3) is 0.588. The highest BCUT2D eigenvalue weighted by Crippen LogP contribution is 2.19. The average molecular weight is 315 g/mol. The highest BCUT2D eigenvalue weighted by molar-refractivity contribution is 5.82. The molecule has 124 valence electrons. The number of carbonyl (C=O) groups excluding carboxylic acids is 1. The second kappa shape index (κ2) is 6.97. The van der Waals surface area contributed by atoms with Crippen LogP contribution in [0.25, 0.3) is 0 Å². The van der Waals surface area contributed by atoms with Crippen molar-refractivity contribution in [3.05, 3.63) is 23.9 Å². The molecular weight excluding hydrogens is 290 g/mol. The molecule has 1 aromatic heterocycles. The van der Waals surface area contributed by atoms with Crippen LogP contribution in [0.3, 0.4) is 0 Å². The van der Waals surface area contributed by atoms with Gasteiger partial charge in [0.25, 0.3) is 0 Å². The monoisotopic (exact) mass is 315 g/mol. The number of piperazine rings is 1. The zero-order valence-electron chi connectivity index (χ0n) is 14.3. The highest BCUT2D eigenvalue weighted by Gasteiger charge is 2.28. The van der Waals surface area contributed by atoms with E-state index < -0.39 is 0 Å². The van der Waals surface area contributed by atoms with E-state index in [0.29, 0.717) is 5.56 Å². The molecule has 1 aliphatic rings. The van der Waals surface area contributed by atoms with E-state index in [1.807, 2.05) is 27.7 Å². The van der Waals surface area contributed by atoms with E-state index in [1.165, 1.54) is 0 Å². The number of hydrogen-bond donors (Lipinski definition) is 1. The zero-order valence-corrected chi connectivity index (χ0v) is 14.3. The summed E-state index contributed by atoms with van der Waals surface area (Å²) in [7, 11) is 0. The number of aromatic nitrogens is 1. The molecule has 0 bridgehead atoms. The lowest BCUT2D eigenvalue weighted by molar-refractivity contribution is -0.127. The Bertz CT molecular complexity index is 594. The van der Waals surface area contributed by atoms with Crippen LogP contribution >= 0.6 is 0 Å². The molecule has 0 aromatic carbocycles. The van der Waals surface area contributed by atoms with E-state index in [9.17, 15) is 10.1 Å². The first-order valence-corrected chi connectivity index (χ1v) is 7.98. The standard InChI is InChI=1S/C17H25N5O/c1-13(16(23)20-17(2,3)4)21-8-10-22(11-9-21)15-14(12-18)6-5-7-19-15/h5-7,13H,8-11H2,1-4H3,(H,20,23). The number of nitrogens with zero attached hydrogens (tertiary/aromatic N) is 4. The molecule has 1 aliphatic heterocycles. The van der Waals surface area contributed by atoms with Gasteiger partial charge in [-0.3, -0.25) is 9.69 Å². The van der Waals surface area contributed by atoms with Crippen LogP contribution in [-0.4, -0.2) is 53.6 Å². The van der Waals surface area contributed by atoms with Crippen molar-refractivity contribution in [1.29, 1.82) is 5.26 Å². The van der Waals surface area contributed by atoms with Crippen LogP contribution in [0.5, 0.6) is 0 Å². The second-order valence-corrected chi connectivity index (χ2v) is 6.92. The van der Waals surface area contributed by atoms with E-state index in [0.717, 1.165) is 32.0 Å². The summed E-state index contributed by atoms with van der Waals surface area (Å²) >= 11 is 0. The van der Waals surface area contributed by atoms with Crippen LogP contribution in [0.2, 0.25) is 0 Å². The molecule has 2 heterocycles. The quantitative estimate of drug-likeness (QED) is 0.912. The molecule has 1 saturated heterocycles. The molecule has 1 fully saturated rings. The van der Waals surface area contributed by atoms with Gasteiger partial charge in [0.1, 0.15) is 11.9 Å². The maximum atomic E-state index is 12.3. The van der Waals surface area contributed by atoms with Crippen LogP contribution in [0.1, 0.15) is 33.3 Å². The summed E-state index contributed by atoms with van der Waals surface area (Å²) in [5, 5.41) is 12.2. The molecule has 1 N–H and O–H groups in total. The Hall–Kier alpha value is -2.13. The summed E-state index contributed by atoms with van der Waals surface area (Å²) in [5.74, 6) is 0.794. The van der Waals surface area contributed by atoms with Crippen molar-refractivity contribution in [1.82, 2.24) is 15.2 Å². The molecule has 23 heavy (non-hydrogen) atoms. The maximum absolute atomic E-state index is 12.3. The van der Waals surface area contributed by atoms with Crippen LogP contribution in [0.15, 0.2) is 18.3 Å². The number of nitrogens with one attached hydrogen (secondary N) is 1. The molecule has 1 amide bonds. The molecular formula is C17H25N5O. The topological polar surface area (TPSA) is 72.3 Å². The van der Waals surface area contributed by atoms with Crippen LogP contribution < -0.4 is 10.2 Å². The third-order valence-corrected chi connectivity index (χ3v) is 3.95. The third-order valence-electron chi connectivity index (χ3n) is 3.95. The van der Waals surface area contributed by atoms with Crippen molar-refractivity contribution >= 4 is 11.7 Å². The molecule has 6 heteroatoms. The Morgan fingerprint density at radius 3 is 2.57 bits per heavy atom. The Morgan fingerprint density at radius 1 is 1.35 bits per heavy atom. The first kappa shape index (κ1) is 17.2. The fourth-order valence-corrected chi connectivity index (χ4v) is 2.70. The number of rotatable bonds is 3. The minimum absolute atomic E-state index is 0.0569. The van der Waals surface area contributed by atoms with Crippen LogP contribution in [0.4, 0.5) is 5.82 Å². The molecule has 1 unspecified atom stereocenters. The van der Waals surface area contributed by atoms with Crippen molar-refractivity contribution in [2.45, 2.75) is 39.3 Å². The van der Waals surface area contributed by atoms with Gasteiger partial charge in [-0.15, -0.1) is 0 Å². The lowest BCUT2D eigenvalue weighted by Gasteiger charge is -2.38. The number of carbonyl (C=O) groups is 1. The van der Waals surface area contributed by atoms with Gasteiger partial charge in [0.15, 0.2) is 0 Å². The summed E-state index contributed by atoms with van der Waals surface area (Å²) in [5.41, 5.74) is 0.377. The van der Waals surface area contributed by atoms with Crippen molar-refractivity contribution in [3.8, 4) is 6.07 Å². The Balaban J connectivity index is 1.96. The number of nitriles is 1. The Morgan fingerprint density at radius 2 is 2.00 bits per heavy atom. The van der Waals surface area contributed by atoms with Crippen molar-refractivity contribution in [2.75, 3.05) is 31.1 Å². The van der Waals surface area contributed by atoms with Crippen molar-refractivity contribution < 1.29 is 4.79 Å². The predicted octanol–water partition coefficient (Wildman–Crippen LogP) is 1.38. The summed E-state index contributed by atoms with van der Waals surface area (Å²) < 4.78 is 0. The minimum atomic E-state index is -0.219. The van der Waals surface area contributed by atoms with Gasteiger partial charge in [-0.2, -0.15) is 5.26 Å². The van der Waals surface area contributed by atoms with Gasteiger partial charge < -0.3 is 10.2 Å². The van der Waals surface area contributed by atoms with E-state index in [4.69, 9.17) is 0 Å². The number of anilines is 1. The lowest BCUT2D eigenvalue weighted by Crippen LogP contribution is -2.56. The smallest absolute Gasteiger partial charge is 0.237 e. The molecule has 1 atom stereocenters. The predicted molar refractivity (Wildman–Crippen MR) is 90.1 cm³/mol. The molecule has 0 radical (unpaired) electrons. The summed E-state index contributed by atoms with van der Waals surface area (Å²) in [4.78, 5) is 20.9. The van der Waals surface area contributed by atoms with E-state index in [2.05, 4.69) is 26.2 Å². The molecule has 0 aliphatic carbocycles. The number of amides is 1. The lowest BCUT2D eigenvalue weighted by atomic mass is 10.1. The van der Waals surface area contributed by atoms with Crippen molar-refractivity contribution in [3.63, 3.8) is 0 Å². The van der Waals surface area contributed by atoms with Gasteiger partial charge in [0.2, 0.25) is 5.91 Å². The van der Waals surface area contributed by atoms with Gasteiger partial charge in [-0.25, -0.2) is 4.98 Å².